The van der Waals surface area contributed by atoms with Crippen LogP contribution in [0.15, 0.2) is 12.5 Å². The van der Waals surface area contributed by atoms with Crippen LogP contribution < -0.4 is 10.0 Å². The van der Waals surface area contributed by atoms with Crippen LogP contribution >= 0.6 is 0 Å². The maximum Gasteiger partial charge on any atom is 0.208 e. The van der Waals surface area contributed by atoms with E-state index in [9.17, 15) is 8.42 Å². The molecule has 0 amide bonds. The summed E-state index contributed by atoms with van der Waals surface area (Å²) in [6.45, 7) is 2.06. The Kier molecular flexibility index (Phi) is 4.36. The van der Waals surface area contributed by atoms with Crippen LogP contribution in [0.1, 0.15) is 31.0 Å². The minimum absolute atomic E-state index is 0.480. The van der Waals surface area contributed by atoms with E-state index in [0.717, 1.165) is 19.5 Å². The van der Waals surface area contributed by atoms with E-state index in [1.807, 2.05) is 12.5 Å². The van der Waals surface area contributed by atoms with Gasteiger partial charge in [0.2, 0.25) is 10.0 Å². The summed E-state index contributed by atoms with van der Waals surface area (Å²) < 4.78 is 26.4. The third-order valence-electron chi connectivity index (χ3n) is 2.89. The van der Waals surface area contributed by atoms with Crippen molar-refractivity contribution < 1.29 is 8.42 Å². The highest BCUT2D eigenvalue weighted by Gasteiger charge is 2.24. The standard InChI is InChI=1S/C11H20N4O2S/c1-18(16,17)14-6-2-5-12-7-11-8-13-9-15(11)10-3-4-10/h8-10,12,14H,2-7H2,1H3. The monoisotopic (exact) mass is 272 g/mol. The summed E-state index contributed by atoms with van der Waals surface area (Å²) in [5, 5.41) is 3.30. The minimum atomic E-state index is -3.06. The summed E-state index contributed by atoms with van der Waals surface area (Å²) in [6, 6.07) is 0.649. The van der Waals surface area contributed by atoms with E-state index in [4.69, 9.17) is 0 Å². The first-order valence-corrected chi connectivity index (χ1v) is 8.11. The van der Waals surface area contributed by atoms with Crippen molar-refractivity contribution in [2.45, 2.75) is 31.8 Å². The van der Waals surface area contributed by atoms with Gasteiger partial charge in [-0.15, -0.1) is 0 Å². The third kappa shape index (κ3) is 4.40. The van der Waals surface area contributed by atoms with E-state index < -0.39 is 10.0 Å². The zero-order valence-corrected chi connectivity index (χ0v) is 11.4. The van der Waals surface area contributed by atoms with E-state index >= 15 is 0 Å². The van der Waals surface area contributed by atoms with Gasteiger partial charge in [-0.25, -0.2) is 18.1 Å². The number of aromatic nitrogens is 2. The fraction of sp³-hybridized carbons (Fsp3) is 0.727. The molecule has 0 aliphatic heterocycles. The smallest absolute Gasteiger partial charge is 0.208 e. The number of nitrogens with one attached hydrogen (secondary N) is 2. The first kappa shape index (κ1) is 13.5. The highest BCUT2D eigenvalue weighted by molar-refractivity contribution is 7.88. The molecular formula is C11H20N4O2S. The summed E-state index contributed by atoms with van der Waals surface area (Å²) in [4.78, 5) is 4.16. The maximum absolute atomic E-state index is 10.8. The molecular weight excluding hydrogens is 252 g/mol. The molecule has 1 aliphatic carbocycles. The highest BCUT2D eigenvalue weighted by Crippen LogP contribution is 2.35. The number of rotatable bonds is 8. The predicted molar refractivity (Wildman–Crippen MR) is 69.7 cm³/mol. The quantitative estimate of drug-likeness (QED) is 0.665. The van der Waals surface area contributed by atoms with Gasteiger partial charge in [-0.2, -0.15) is 0 Å². The van der Waals surface area contributed by atoms with Crippen molar-refractivity contribution in [3.63, 3.8) is 0 Å². The number of imidazole rings is 1. The zero-order chi connectivity index (χ0) is 13.0. The summed E-state index contributed by atoms with van der Waals surface area (Å²) in [5.74, 6) is 0. The second kappa shape index (κ2) is 5.81. The van der Waals surface area contributed by atoms with E-state index in [2.05, 4.69) is 19.6 Å². The van der Waals surface area contributed by atoms with E-state index in [1.54, 1.807) is 0 Å². The lowest BCUT2D eigenvalue weighted by atomic mass is 10.4. The molecule has 1 fully saturated rings. The summed E-state index contributed by atoms with van der Waals surface area (Å²) in [7, 11) is -3.06. The molecule has 0 saturated heterocycles. The van der Waals surface area contributed by atoms with Crippen LogP contribution in [0, 0.1) is 0 Å². The molecule has 1 aromatic rings. The molecule has 6 nitrogen and oxygen atoms in total. The van der Waals surface area contributed by atoms with E-state index in [0.29, 0.717) is 12.6 Å². The van der Waals surface area contributed by atoms with Crippen molar-refractivity contribution in [3.05, 3.63) is 18.2 Å². The first-order chi connectivity index (χ1) is 8.56. The van der Waals surface area contributed by atoms with Gasteiger partial charge in [-0.3, -0.25) is 0 Å². The molecule has 0 atom stereocenters. The predicted octanol–water partition coefficient (Wildman–Crippen LogP) is 0.247. The molecule has 1 aliphatic rings. The van der Waals surface area contributed by atoms with Crippen LogP contribution in [0.4, 0.5) is 0 Å². The summed E-state index contributed by atoms with van der Waals surface area (Å²) in [5.41, 5.74) is 1.20. The molecule has 1 heterocycles. The van der Waals surface area contributed by atoms with Gasteiger partial charge in [-0.1, -0.05) is 0 Å². The third-order valence-corrected chi connectivity index (χ3v) is 3.62. The van der Waals surface area contributed by atoms with Crippen molar-refractivity contribution in [2.24, 2.45) is 0 Å². The Morgan fingerprint density at radius 2 is 2.22 bits per heavy atom. The van der Waals surface area contributed by atoms with Crippen molar-refractivity contribution in [3.8, 4) is 0 Å². The molecule has 0 radical (unpaired) electrons. The van der Waals surface area contributed by atoms with Crippen molar-refractivity contribution >= 4 is 10.0 Å². The van der Waals surface area contributed by atoms with Crippen LogP contribution in [0.3, 0.4) is 0 Å². The van der Waals surface area contributed by atoms with E-state index in [-0.39, 0.29) is 0 Å². The molecule has 1 aromatic heterocycles. The highest BCUT2D eigenvalue weighted by atomic mass is 32.2. The van der Waals surface area contributed by atoms with Gasteiger partial charge >= 0.3 is 0 Å². The lowest BCUT2D eigenvalue weighted by Gasteiger charge is -2.08. The molecule has 0 spiro atoms. The second-order valence-corrected chi connectivity index (χ2v) is 6.55. The Balaban J connectivity index is 1.62. The van der Waals surface area contributed by atoms with Crippen LogP contribution in [-0.2, 0) is 16.6 Å². The second-order valence-electron chi connectivity index (χ2n) is 4.72. The molecule has 102 valence electrons. The number of sulfonamides is 1. The van der Waals surface area contributed by atoms with Gasteiger partial charge in [0.05, 0.1) is 18.3 Å². The number of nitrogens with zero attached hydrogens (tertiary/aromatic N) is 2. The fourth-order valence-electron chi connectivity index (χ4n) is 1.84. The van der Waals surface area contributed by atoms with Gasteiger partial charge in [-0.05, 0) is 25.8 Å². The largest absolute Gasteiger partial charge is 0.330 e. The van der Waals surface area contributed by atoms with Gasteiger partial charge in [0.1, 0.15) is 0 Å². The zero-order valence-electron chi connectivity index (χ0n) is 10.6. The number of hydrogen-bond acceptors (Lipinski definition) is 4. The maximum atomic E-state index is 10.8. The molecule has 2 rings (SSSR count). The van der Waals surface area contributed by atoms with Crippen LogP contribution in [-0.4, -0.2) is 37.3 Å². The average Bonchev–Trinajstić information content (AvgIpc) is 3.02. The molecule has 2 N–H and O–H groups in total. The molecule has 7 heteroatoms. The lowest BCUT2D eigenvalue weighted by Crippen LogP contribution is -2.26. The molecule has 0 bridgehead atoms. The Morgan fingerprint density at radius 3 is 2.89 bits per heavy atom. The van der Waals surface area contributed by atoms with Gasteiger partial charge in [0.15, 0.2) is 0 Å². The van der Waals surface area contributed by atoms with Crippen LogP contribution in [0.5, 0.6) is 0 Å². The van der Waals surface area contributed by atoms with Crippen molar-refractivity contribution in [1.82, 2.24) is 19.6 Å². The van der Waals surface area contributed by atoms with Crippen LogP contribution in [0.25, 0.3) is 0 Å². The summed E-state index contributed by atoms with van der Waals surface area (Å²) >= 11 is 0. The number of hydrogen-bond donors (Lipinski definition) is 2. The molecule has 1 saturated carbocycles. The first-order valence-electron chi connectivity index (χ1n) is 6.22. The molecule has 0 unspecified atom stereocenters. The van der Waals surface area contributed by atoms with Crippen molar-refractivity contribution in [2.75, 3.05) is 19.3 Å². The van der Waals surface area contributed by atoms with Gasteiger partial charge < -0.3 is 9.88 Å². The minimum Gasteiger partial charge on any atom is -0.330 e. The topological polar surface area (TPSA) is 76.0 Å². The Bertz CT molecular complexity index is 479. The lowest BCUT2D eigenvalue weighted by molar-refractivity contribution is 0.573. The molecule has 18 heavy (non-hydrogen) atoms. The Hall–Kier alpha value is -0.920. The average molecular weight is 272 g/mol. The Morgan fingerprint density at radius 1 is 1.44 bits per heavy atom. The SMILES string of the molecule is CS(=O)(=O)NCCCNCc1cncn1C1CC1. The normalized spacial score (nSPS) is 16.1. The van der Waals surface area contributed by atoms with Crippen LogP contribution in [0.2, 0.25) is 0 Å². The Labute approximate surface area is 108 Å². The van der Waals surface area contributed by atoms with E-state index in [1.165, 1.54) is 24.8 Å². The molecule has 0 aromatic carbocycles. The fourth-order valence-corrected chi connectivity index (χ4v) is 2.35. The van der Waals surface area contributed by atoms with Gasteiger partial charge in [0.25, 0.3) is 0 Å². The summed E-state index contributed by atoms with van der Waals surface area (Å²) in [6.07, 6.45) is 8.24. The van der Waals surface area contributed by atoms with Crippen molar-refractivity contribution in [1.29, 1.82) is 0 Å². The van der Waals surface area contributed by atoms with Gasteiger partial charge in [0, 0.05) is 25.3 Å².